The molecular weight excluding hydrogens is 354 g/mol. The number of likely N-dealkylation sites (tertiary alicyclic amines) is 1. The summed E-state index contributed by atoms with van der Waals surface area (Å²) in [5.74, 6) is -6.50. The first-order valence-electron chi connectivity index (χ1n) is 7.12. The predicted molar refractivity (Wildman–Crippen MR) is 82.7 cm³/mol. The normalized spacial score (nSPS) is 19.2. The molecule has 2 rings (SSSR count). The summed E-state index contributed by atoms with van der Waals surface area (Å²) in [5, 5.41) is 38.4. The molecule has 1 fully saturated rings. The molecule has 0 aliphatic carbocycles. The summed E-state index contributed by atoms with van der Waals surface area (Å²) in [4.78, 5) is 57.0. The Labute approximate surface area is 144 Å². The molecule has 0 spiro atoms. The van der Waals surface area contributed by atoms with Crippen molar-refractivity contribution in [2.45, 2.75) is 12.5 Å². The van der Waals surface area contributed by atoms with E-state index in [1.54, 1.807) is 0 Å². The van der Waals surface area contributed by atoms with Crippen LogP contribution in [0.2, 0.25) is 0 Å². The summed E-state index contributed by atoms with van der Waals surface area (Å²) in [7, 11) is 0. The van der Waals surface area contributed by atoms with Gasteiger partial charge in [0, 0.05) is 18.2 Å². The lowest BCUT2D eigenvalue weighted by atomic mass is 10.0. The Kier molecular flexibility index (Phi) is 4.77. The number of carbonyl (C=O) groups is 4. The molecule has 5 N–H and O–H groups in total. The average Bonchev–Trinajstić information content (AvgIpc) is 2.99. The van der Waals surface area contributed by atoms with Crippen molar-refractivity contribution in [2.24, 2.45) is 5.92 Å². The predicted octanol–water partition coefficient (Wildman–Crippen LogP) is -0.125. The first kappa shape index (κ1) is 18.6. The highest BCUT2D eigenvalue weighted by atomic mass is 16.6. The van der Waals surface area contributed by atoms with Gasteiger partial charge in [0.05, 0.1) is 16.4 Å². The molecule has 0 radical (unpaired) electrons. The summed E-state index contributed by atoms with van der Waals surface area (Å²) in [6.07, 6.45) is -0.334. The number of nitro benzene ring substituents is 1. The molecule has 2 atom stereocenters. The molecule has 1 aromatic rings. The molecule has 1 aromatic carbocycles. The Morgan fingerprint density at radius 2 is 1.77 bits per heavy atom. The van der Waals surface area contributed by atoms with Crippen molar-refractivity contribution in [2.75, 3.05) is 12.3 Å². The number of nitro groups is 1. The molecule has 1 saturated heterocycles. The number of aliphatic carboxylic acids is 2. The molecule has 0 saturated carbocycles. The average molecular weight is 367 g/mol. The smallest absolute Gasteiger partial charge is 0.338 e. The number of aromatic carboxylic acids is 1. The molecule has 2 unspecified atom stereocenters. The van der Waals surface area contributed by atoms with Crippen molar-refractivity contribution in [1.82, 2.24) is 4.90 Å². The van der Waals surface area contributed by atoms with Crippen LogP contribution in [0.3, 0.4) is 0 Å². The summed E-state index contributed by atoms with van der Waals surface area (Å²) in [5.41, 5.74) is 2.78. The fraction of sp³-hybridized carbons (Fsp3) is 0.286. The van der Waals surface area contributed by atoms with Gasteiger partial charge < -0.3 is 26.0 Å². The maximum Gasteiger partial charge on any atom is 0.338 e. The molecule has 0 bridgehead atoms. The van der Waals surface area contributed by atoms with Crippen LogP contribution >= 0.6 is 0 Å². The highest BCUT2D eigenvalue weighted by Crippen LogP contribution is 2.31. The van der Waals surface area contributed by atoms with Gasteiger partial charge in [0.15, 0.2) is 0 Å². The Bertz CT molecular complexity index is 800. The van der Waals surface area contributed by atoms with Crippen LogP contribution in [0.15, 0.2) is 12.1 Å². The lowest BCUT2D eigenvalue weighted by Gasteiger charge is -2.21. The van der Waals surface area contributed by atoms with Gasteiger partial charge in [0.1, 0.15) is 11.7 Å². The molecule has 1 amide bonds. The second-order valence-corrected chi connectivity index (χ2v) is 5.60. The molecule has 1 aliphatic heterocycles. The van der Waals surface area contributed by atoms with E-state index in [0.717, 1.165) is 17.0 Å². The third-order valence-corrected chi connectivity index (χ3v) is 4.03. The van der Waals surface area contributed by atoms with Crippen LogP contribution in [0, 0.1) is 16.0 Å². The van der Waals surface area contributed by atoms with Gasteiger partial charge in [-0.1, -0.05) is 0 Å². The van der Waals surface area contributed by atoms with Crippen molar-refractivity contribution >= 4 is 35.2 Å². The van der Waals surface area contributed by atoms with E-state index in [9.17, 15) is 34.4 Å². The first-order valence-corrected chi connectivity index (χ1v) is 7.12. The van der Waals surface area contributed by atoms with Gasteiger partial charge in [0.2, 0.25) is 0 Å². The van der Waals surface area contributed by atoms with Crippen LogP contribution in [0.5, 0.6) is 0 Å². The Balaban J connectivity index is 2.51. The number of anilines is 1. The lowest BCUT2D eigenvalue weighted by molar-refractivity contribution is -0.383. The number of amides is 1. The molecule has 12 heteroatoms. The highest BCUT2D eigenvalue weighted by Gasteiger charge is 2.43. The zero-order valence-corrected chi connectivity index (χ0v) is 13.0. The highest BCUT2D eigenvalue weighted by molar-refractivity contribution is 6.03. The first-order chi connectivity index (χ1) is 12.0. The van der Waals surface area contributed by atoms with Gasteiger partial charge in [-0.15, -0.1) is 0 Å². The summed E-state index contributed by atoms with van der Waals surface area (Å²) in [6.45, 7) is -0.425. The maximum atomic E-state index is 12.6. The molecule has 138 valence electrons. The SMILES string of the molecule is Nc1c(C(=O)O)cc(C(=O)N2CC(C(=O)O)CC2C(=O)O)cc1[N+](=O)[O-]. The third-order valence-electron chi connectivity index (χ3n) is 4.03. The minimum Gasteiger partial charge on any atom is -0.481 e. The standard InChI is InChI=1S/C14H13N3O9/c15-10-7(13(21)22)1-5(2-8(10)17(25)26)11(18)16-4-6(12(19)20)3-9(16)14(23)24/h1-2,6,9H,3-4,15H2,(H,19,20)(H,21,22)(H,23,24). The van der Waals surface area contributed by atoms with Crippen LogP contribution in [0.4, 0.5) is 11.4 Å². The molecular formula is C14H13N3O9. The fourth-order valence-electron chi connectivity index (χ4n) is 2.73. The van der Waals surface area contributed by atoms with Crippen LogP contribution in [-0.2, 0) is 9.59 Å². The lowest BCUT2D eigenvalue weighted by Crippen LogP contribution is -2.40. The minimum atomic E-state index is -1.61. The fourth-order valence-corrected chi connectivity index (χ4v) is 2.73. The number of carboxylic acid groups (broad SMARTS) is 3. The second kappa shape index (κ2) is 6.66. The van der Waals surface area contributed by atoms with Crippen LogP contribution in [0.1, 0.15) is 27.1 Å². The summed E-state index contributed by atoms with van der Waals surface area (Å²) < 4.78 is 0. The van der Waals surface area contributed by atoms with Gasteiger partial charge >= 0.3 is 17.9 Å². The number of hydrogen-bond donors (Lipinski definition) is 4. The number of nitrogen functional groups attached to an aromatic ring is 1. The van der Waals surface area contributed by atoms with Crippen LogP contribution in [0.25, 0.3) is 0 Å². The summed E-state index contributed by atoms with van der Waals surface area (Å²) in [6, 6.07) is 0.0744. The Morgan fingerprint density at radius 3 is 2.23 bits per heavy atom. The molecule has 1 aliphatic rings. The van der Waals surface area contributed by atoms with Gasteiger partial charge in [0.25, 0.3) is 11.6 Å². The quantitative estimate of drug-likeness (QED) is 0.308. The van der Waals surface area contributed by atoms with Crippen molar-refractivity contribution in [3.63, 3.8) is 0 Å². The number of carbonyl (C=O) groups excluding carboxylic acids is 1. The zero-order chi connectivity index (χ0) is 19.8. The van der Waals surface area contributed by atoms with E-state index in [4.69, 9.17) is 15.9 Å². The number of nitrogens with zero attached hydrogens (tertiary/aromatic N) is 2. The second-order valence-electron chi connectivity index (χ2n) is 5.60. The molecule has 1 heterocycles. The van der Waals surface area contributed by atoms with E-state index in [-0.39, 0.29) is 6.42 Å². The van der Waals surface area contributed by atoms with E-state index in [0.29, 0.717) is 0 Å². The van der Waals surface area contributed by atoms with E-state index in [1.807, 2.05) is 0 Å². The zero-order valence-electron chi connectivity index (χ0n) is 13.0. The van der Waals surface area contributed by atoms with E-state index < -0.39 is 69.7 Å². The molecule has 12 nitrogen and oxygen atoms in total. The van der Waals surface area contributed by atoms with E-state index in [1.165, 1.54) is 0 Å². The third kappa shape index (κ3) is 3.24. The van der Waals surface area contributed by atoms with Gasteiger partial charge in [-0.05, 0) is 12.5 Å². The summed E-state index contributed by atoms with van der Waals surface area (Å²) >= 11 is 0. The van der Waals surface area contributed by atoms with Crippen LogP contribution < -0.4 is 5.73 Å². The number of nitrogens with two attached hydrogens (primary N) is 1. The van der Waals surface area contributed by atoms with Crippen molar-refractivity contribution < 1.29 is 39.4 Å². The van der Waals surface area contributed by atoms with Gasteiger partial charge in [-0.3, -0.25) is 19.7 Å². The minimum absolute atomic E-state index is 0.334. The number of benzene rings is 1. The van der Waals surface area contributed by atoms with Crippen molar-refractivity contribution in [1.29, 1.82) is 0 Å². The Morgan fingerprint density at radius 1 is 1.15 bits per heavy atom. The van der Waals surface area contributed by atoms with Gasteiger partial charge in [-0.2, -0.15) is 0 Å². The number of rotatable bonds is 5. The maximum absolute atomic E-state index is 12.6. The van der Waals surface area contributed by atoms with E-state index >= 15 is 0 Å². The number of hydrogen-bond acceptors (Lipinski definition) is 7. The monoisotopic (exact) mass is 367 g/mol. The Hall–Kier alpha value is -3.70. The van der Waals surface area contributed by atoms with Crippen LogP contribution in [-0.4, -0.2) is 61.5 Å². The van der Waals surface area contributed by atoms with E-state index in [2.05, 4.69) is 0 Å². The van der Waals surface area contributed by atoms with Gasteiger partial charge in [-0.25, -0.2) is 9.59 Å². The number of carboxylic acids is 3. The van der Waals surface area contributed by atoms with Crippen molar-refractivity contribution in [3.05, 3.63) is 33.4 Å². The molecule has 26 heavy (non-hydrogen) atoms. The molecule has 0 aromatic heterocycles. The van der Waals surface area contributed by atoms with Crippen molar-refractivity contribution in [3.8, 4) is 0 Å². The topological polar surface area (TPSA) is 201 Å². The largest absolute Gasteiger partial charge is 0.481 e.